The standard InChI is InChI=1S/C22H27ClN6O/c23-18-6-4-5-17(13-18)19-14-24-22(30-19)16-28-11-9-27(10-12-28)15-21-26-25-20-7-2-1-3-8-29(20)21/h4-6,13-14H,1-3,7-12,15-16H2. The van der Waals surface area contributed by atoms with Crippen LogP contribution >= 0.6 is 11.6 Å². The van der Waals surface area contributed by atoms with Gasteiger partial charge in [-0.05, 0) is 25.0 Å². The Bertz CT molecular complexity index is 991. The second-order valence-electron chi connectivity index (χ2n) is 8.18. The molecule has 8 heteroatoms. The largest absolute Gasteiger partial charge is 0.439 e. The topological polar surface area (TPSA) is 63.2 Å². The van der Waals surface area contributed by atoms with Gasteiger partial charge < -0.3 is 8.98 Å². The number of halogens is 1. The SMILES string of the molecule is Clc1cccc(-c2cnc(CN3CCN(Cc4nnc5n4CCCCC5)CC3)o2)c1. The lowest BCUT2D eigenvalue weighted by molar-refractivity contribution is 0.111. The number of benzene rings is 1. The third-order valence-electron chi connectivity index (χ3n) is 6.04. The lowest BCUT2D eigenvalue weighted by Crippen LogP contribution is -2.45. The average Bonchev–Trinajstić information content (AvgIpc) is 3.30. The molecule has 5 rings (SSSR count). The predicted octanol–water partition coefficient (Wildman–Crippen LogP) is 3.63. The molecule has 2 aliphatic heterocycles. The van der Waals surface area contributed by atoms with Crippen molar-refractivity contribution in [2.75, 3.05) is 26.2 Å². The van der Waals surface area contributed by atoms with Crippen LogP contribution < -0.4 is 0 Å². The van der Waals surface area contributed by atoms with Crippen LogP contribution in [0.1, 0.15) is 36.8 Å². The van der Waals surface area contributed by atoms with E-state index in [2.05, 4.69) is 29.5 Å². The Kier molecular flexibility index (Phi) is 5.84. The van der Waals surface area contributed by atoms with E-state index in [0.717, 1.165) is 75.3 Å². The lowest BCUT2D eigenvalue weighted by atomic mass is 10.2. The second-order valence-corrected chi connectivity index (χ2v) is 8.61. The van der Waals surface area contributed by atoms with Crippen molar-refractivity contribution < 1.29 is 4.42 Å². The van der Waals surface area contributed by atoms with Gasteiger partial charge in [-0.1, -0.05) is 30.2 Å². The van der Waals surface area contributed by atoms with Crippen molar-refractivity contribution in [3.8, 4) is 11.3 Å². The summed E-state index contributed by atoms with van der Waals surface area (Å²) in [4.78, 5) is 9.34. The second kappa shape index (κ2) is 8.88. The molecule has 0 N–H and O–H groups in total. The maximum atomic E-state index is 6.08. The van der Waals surface area contributed by atoms with Crippen LogP contribution in [0.4, 0.5) is 0 Å². The molecule has 0 unspecified atom stereocenters. The maximum Gasteiger partial charge on any atom is 0.209 e. The fraction of sp³-hybridized carbons (Fsp3) is 0.500. The number of rotatable bonds is 5. The fourth-order valence-electron chi connectivity index (χ4n) is 4.32. The number of aromatic nitrogens is 4. The molecule has 4 heterocycles. The molecular weight excluding hydrogens is 400 g/mol. The first-order valence-corrected chi connectivity index (χ1v) is 11.2. The molecule has 7 nitrogen and oxygen atoms in total. The highest BCUT2D eigenvalue weighted by atomic mass is 35.5. The minimum atomic E-state index is 0.700. The van der Waals surface area contributed by atoms with E-state index in [1.807, 2.05) is 24.3 Å². The van der Waals surface area contributed by atoms with Crippen LogP contribution in [0.2, 0.25) is 5.02 Å². The van der Waals surface area contributed by atoms with Gasteiger partial charge >= 0.3 is 0 Å². The summed E-state index contributed by atoms with van der Waals surface area (Å²) in [5, 5.41) is 9.61. The van der Waals surface area contributed by atoms with Crippen LogP contribution in [0.15, 0.2) is 34.9 Å². The molecule has 0 aliphatic carbocycles. The molecule has 0 amide bonds. The summed E-state index contributed by atoms with van der Waals surface area (Å²) in [5.41, 5.74) is 0.957. The first kappa shape index (κ1) is 19.7. The van der Waals surface area contributed by atoms with Crippen LogP contribution in [0.3, 0.4) is 0 Å². The molecule has 1 fully saturated rings. The van der Waals surface area contributed by atoms with Crippen LogP contribution in [-0.2, 0) is 26.1 Å². The van der Waals surface area contributed by atoms with Gasteiger partial charge in [0.25, 0.3) is 0 Å². The number of aryl methyl sites for hydroxylation is 1. The van der Waals surface area contributed by atoms with E-state index in [1.54, 1.807) is 6.20 Å². The van der Waals surface area contributed by atoms with Gasteiger partial charge in [-0.2, -0.15) is 0 Å². The van der Waals surface area contributed by atoms with Crippen molar-refractivity contribution in [1.82, 2.24) is 29.5 Å². The summed E-state index contributed by atoms with van der Waals surface area (Å²) in [5.74, 6) is 3.81. The maximum absolute atomic E-state index is 6.08. The number of fused-ring (bicyclic) bond motifs is 1. The molecule has 1 saturated heterocycles. The van der Waals surface area contributed by atoms with E-state index in [4.69, 9.17) is 16.0 Å². The van der Waals surface area contributed by atoms with Gasteiger partial charge in [0.05, 0.1) is 19.3 Å². The minimum Gasteiger partial charge on any atom is -0.439 e. The Balaban J connectivity index is 1.15. The Morgan fingerprint density at radius 2 is 1.77 bits per heavy atom. The molecule has 0 radical (unpaired) electrons. The van der Waals surface area contributed by atoms with E-state index in [0.29, 0.717) is 5.02 Å². The molecule has 158 valence electrons. The quantitative estimate of drug-likeness (QED) is 0.620. The number of oxazole rings is 1. The average molecular weight is 427 g/mol. The fourth-order valence-corrected chi connectivity index (χ4v) is 4.51. The van der Waals surface area contributed by atoms with Crippen molar-refractivity contribution in [3.05, 3.63) is 53.0 Å². The lowest BCUT2D eigenvalue weighted by Gasteiger charge is -2.33. The number of hydrogen-bond acceptors (Lipinski definition) is 6. The summed E-state index contributed by atoms with van der Waals surface area (Å²) in [6.45, 7) is 6.71. The highest BCUT2D eigenvalue weighted by Gasteiger charge is 2.22. The van der Waals surface area contributed by atoms with Gasteiger partial charge in [0.1, 0.15) is 11.6 Å². The summed E-state index contributed by atoms with van der Waals surface area (Å²) in [6.07, 6.45) is 6.61. The zero-order valence-electron chi connectivity index (χ0n) is 17.1. The van der Waals surface area contributed by atoms with Gasteiger partial charge in [-0.3, -0.25) is 9.80 Å². The van der Waals surface area contributed by atoms with E-state index >= 15 is 0 Å². The minimum absolute atomic E-state index is 0.700. The Labute approximate surface area is 181 Å². The van der Waals surface area contributed by atoms with Crippen molar-refractivity contribution in [1.29, 1.82) is 0 Å². The van der Waals surface area contributed by atoms with Gasteiger partial charge in [0.2, 0.25) is 5.89 Å². The Hall–Kier alpha value is -2.22. The zero-order valence-corrected chi connectivity index (χ0v) is 17.9. The molecule has 0 bridgehead atoms. The first-order valence-electron chi connectivity index (χ1n) is 10.8. The van der Waals surface area contributed by atoms with Gasteiger partial charge in [0.15, 0.2) is 5.76 Å². The number of hydrogen-bond donors (Lipinski definition) is 0. The van der Waals surface area contributed by atoms with Gasteiger partial charge in [0, 0.05) is 49.7 Å². The third-order valence-corrected chi connectivity index (χ3v) is 6.27. The third kappa shape index (κ3) is 4.43. The van der Waals surface area contributed by atoms with E-state index < -0.39 is 0 Å². The number of nitrogens with zero attached hydrogens (tertiary/aromatic N) is 6. The smallest absolute Gasteiger partial charge is 0.209 e. The molecule has 0 saturated carbocycles. The Morgan fingerprint density at radius 3 is 2.60 bits per heavy atom. The monoisotopic (exact) mass is 426 g/mol. The molecule has 30 heavy (non-hydrogen) atoms. The van der Waals surface area contributed by atoms with Crippen molar-refractivity contribution >= 4 is 11.6 Å². The molecular formula is C22H27ClN6O. The normalized spacial score (nSPS) is 18.3. The molecule has 0 spiro atoms. The summed E-state index contributed by atoms with van der Waals surface area (Å²) < 4.78 is 8.32. The first-order chi connectivity index (χ1) is 14.7. The molecule has 2 aromatic heterocycles. The molecule has 0 atom stereocenters. The van der Waals surface area contributed by atoms with E-state index in [1.165, 1.54) is 25.1 Å². The summed E-state index contributed by atoms with van der Waals surface area (Å²) >= 11 is 6.08. The highest BCUT2D eigenvalue weighted by molar-refractivity contribution is 6.30. The number of piperazine rings is 1. The van der Waals surface area contributed by atoms with Crippen molar-refractivity contribution in [3.63, 3.8) is 0 Å². The van der Waals surface area contributed by atoms with Crippen molar-refractivity contribution in [2.45, 2.75) is 45.3 Å². The summed E-state index contributed by atoms with van der Waals surface area (Å²) in [7, 11) is 0. The van der Waals surface area contributed by atoms with Gasteiger partial charge in [-0.25, -0.2) is 4.98 Å². The summed E-state index contributed by atoms with van der Waals surface area (Å²) in [6, 6.07) is 7.67. The van der Waals surface area contributed by atoms with Gasteiger partial charge in [-0.15, -0.1) is 10.2 Å². The molecule has 1 aromatic carbocycles. The highest BCUT2D eigenvalue weighted by Crippen LogP contribution is 2.24. The zero-order chi connectivity index (χ0) is 20.3. The molecule has 3 aromatic rings. The van der Waals surface area contributed by atoms with Crippen LogP contribution in [0.5, 0.6) is 0 Å². The van der Waals surface area contributed by atoms with Crippen molar-refractivity contribution in [2.24, 2.45) is 0 Å². The predicted molar refractivity (Wildman–Crippen MR) is 115 cm³/mol. The van der Waals surface area contributed by atoms with Crippen LogP contribution in [0.25, 0.3) is 11.3 Å². The van der Waals surface area contributed by atoms with Crippen LogP contribution in [0, 0.1) is 0 Å². The Morgan fingerprint density at radius 1 is 0.933 bits per heavy atom. The van der Waals surface area contributed by atoms with E-state index in [-0.39, 0.29) is 0 Å². The molecule has 2 aliphatic rings. The van der Waals surface area contributed by atoms with Crippen LogP contribution in [-0.4, -0.2) is 55.7 Å². The van der Waals surface area contributed by atoms with E-state index in [9.17, 15) is 0 Å².